The van der Waals surface area contributed by atoms with Crippen molar-refractivity contribution in [3.8, 4) is 5.82 Å². The van der Waals surface area contributed by atoms with E-state index in [0.29, 0.717) is 17.8 Å². The number of rotatable bonds is 5. The van der Waals surface area contributed by atoms with Crippen molar-refractivity contribution in [2.75, 3.05) is 6.61 Å². The van der Waals surface area contributed by atoms with Crippen LogP contribution in [0.15, 0.2) is 24.4 Å². The quantitative estimate of drug-likeness (QED) is 0.871. The highest BCUT2D eigenvalue weighted by Crippen LogP contribution is 2.10. The number of hydrogen-bond acceptors (Lipinski definition) is 4. The molecule has 2 N–H and O–H groups in total. The summed E-state index contributed by atoms with van der Waals surface area (Å²) in [4.78, 5) is 16.3. The van der Waals surface area contributed by atoms with Crippen molar-refractivity contribution in [2.24, 2.45) is 0 Å². The summed E-state index contributed by atoms with van der Waals surface area (Å²) in [5.74, 6) is 0.440. The first-order chi connectivity index (χ1) is 10.0. The maximum absolute atomic E-state index is 12.0. The summed E-state index contributed by atoms with van der Waals surface area (Å²) < 4.78 is 1.74. The molecule has 2 heterocycles. The molecule has 0 saturated heterocycles. The standard InChI is InChI=1S/C15H20N4O2/c1-4-13(9-20)17-15(21)12-5-6-14(16-8-12)19-11(3)7-10(2)18-19/h5-8,13,20H,4,9H2,1-3H3,(H,17,21). The Labute approximate surface area is 123 Å². The lowest BCUT2D eigenvalue weighted by molar-refractivity contribution is 0.0914. The Morgan fingerprint density at radius 3 is 2.67 bits per heavy atom. The molecule has 0 fully saturated rings. The van der Waals surface area contributed by atoms with Crippen LogP contribution in [0.1, 0.15) is 35.1 Å². The van der Waals surface area contributed by atoms with Gasteiger partial charge in [0.05, 0.1) is 23.9 Å². The molecule has 0 aliphatic rings. The van der Waals surface area contributed by atoms with Gasteiger partial charge in [-0.2, -0.15) is 5.10 Å². The monoisotopic (exact) mass is 288 g/mol. The van der Waals surface area contributed by atoms with Gasteiger partial charge in [0.2, 0.25) is 0 Å². The molecule has 0 aliphatic carbocycles. The number of amides is 1. The number of pyridine rings is 1. The first kappa shape index (κ1) is 15.2. The molecule has 0 saturated carbocycles. The predicted molar refractivity (Wildman–Crippen MR) is 79.5 cm³/mol. The molecular weight excluding hydrogens is 268 g/mol. The number of aliphatic hydroxyl groups is 1. The molecular formula is C15H20N4O2. The zero-order valence-electron chi connectivity index (χ0n) is 12.5. The minimum Gasteiger partial charge on any atom is -0.394 e. The zero-order valence-corrected chi connectivity index (χ0v) is 12.5. The topological polar surface area (TPSA) is 80.0 Å². The summed E-state index contributed by atoms with van der Waals surface area (Å²) in [6.07, 6.45) is 2.20. The smallest absolute Gasteiger partial charge is 0.253 e. The molecule has 1 atom stereocenters. The minimum absolute atomic E-state index is 0.0699. The van der Waals surface area contributed by atoms with Crippen molar-refractivity contribution in [1.82, 2.24) is 20.1 Å². The van der Waals surface area contributed by atoms with E-state index >= 15 is 0 Å². The van der Waals surface area contributed by atoms with Crippen LogP contribution >= 0.6 is 0 Å². The van der Waals surface area contributed by atoms with Crippen LogP contribution in [0.2, 0.25) is 0 Å². The predicted octanol–water partition coefficient (Wildman–Crippen LogP) is 1.38. The molecule has 1 amide bonds. The van der Waals surface area contributed by atoms with Gasteiger partial charge in [0.1, 0.15) is 0 Å². The van der Waals surface area contributed by atoms with E-state index in [2.05, 4.69) is 15.4 Å². The van der Waals surface area contributed by atoms with Gasteiger partial charge in [-0.25, -0.2) is 9.67 Å². The van der Waals surface area contributed by atoms with Crippen molar-refractivity contribution < 1.29 is 9.90 Å². The Hall–Kier alpha value is -2.21. The van der Waals surface area contributed by atoms with E-state index in [1.807, 2.05) is 26.8 Å². The van der Waals surface area contributed by atoms with Gasteiger partial charge in [-0.3, -0.25) is 4.79 Å². The summed E-state index contributed by atoms with van der Waals surface area (Å²) in [6.45, 7) is 5.71. The van der Waals surface area contributed by atoms with Crippen molar-refractivity contribution in [1.29, 1.82) is 0 Å². The third kappa shape index (κ3) is 3.46. The zero-order chi connectivity index (χ0) is 15.4. The third-order valence-electron chi connectivity index (χ3n) is 3.29. The van der Waals surface area contributed by atoms with Gasteiger partial charge >= 0.3 is 0 Å². The highest BCUT2D eigenvalue weighted by molar-refractivity contribution is 5.94. The molecule has 0 radical (unpaired) electrons. The van der Waals surface area contributed by atoms with Crippen molar-refractivity contribution in [3.63, 3.8) is 0 Å². The Balaban J connectivity index is 2.15. The van der Waals surface area contributed by atoms with Gasteiger partial charge in [-0.15, -0.1) is 0 Å². The number of carbonyl (C=O) groups is 1. The summed E-state index contributed by atoms with van der Waals surface area (Å²) >= 11 is 0. The lowest BCUT2D eigenvalue weighted by atomic mass is 10.2. The molecule has 6 nitrogen and oxygen atoms in total. The molecule has 1 unspecified atom stereocenters. The van der Waals surface area contributed by atoms with Crippen molar-refractivity contribution >= 4 is 5.91 Å². The highest BCUT2D eigenvalue weighted by Gasteiger charge is 2.12. The third-order valence-corrected chi connectivity index (χ3v) is 3.29. The Morgan fingerprint density at radius 2 is 2.19 bits per heavy atom. The van der Waals surface area contributed by atoms with Crippen molar-refractivity contribution in [3.05, 3.63) is 41.3 Å². The lowest BCUT2D eigenvalue weighted by Gasteiger charge is -2.13. The molecule has 2 rings (SSSR count). The van der Waals surface area contributed by atoms with Crippen LogP contribution in [0.5, 0.6) is 0 Å². The van der Waals surface area contributed by atoms with Crippen LogP contribution < -0.4 is 5.32 Å². The van der Waals surface area contributed by atoms with E-state index in [4.69, 9.17) is 5.11 Å². The number of carbonyl (C=O) groups excluding carboxylic acids is 1. The number of aryl methyl sites for hydroxylation is 2. The second kappa shape index (κ2) is 6.49. The average molecular weight is 288 g/mol. The molecule has 0 aliphatic heterocycles. The summed E-state index contributed by atoms with van der Waals surface area (Å²) in [6, 6.07) is 5.20. The lowest BCUT2D eigenvalue weighted by Crippen LogP contribution is -2.36. The van der Waals surface area contributed by atoms with E-state index in [-0.39, 0.29) is 18.6 Å². The van der Waals surface area contributed by atoms with E-state index in [0.717, 1.165) is 11.4 Å². The summed E-state index contributed by atoms with van der Waals surface area (Å²) in [7, 11) is 0. The van der Waals surface area contributed by atoms with Gasteiger partial charge in [0, 0.05) is 11.9 Å². The van der Waals surface area contributed by atoms with Gasteiger partial charge < -0.3 is 10.4 Å². The molecule has 0 spiro atoms. The van der Waals surface area contributed by atoms with Gasteiger partial charge in [-0.05, 0) is 38.5 Å². The van der Waals surface area contributed by atoms with E-state index in [1.165, 1.54) is 6.20 Å². The fourth-order valence-corrected chi connectivity index (χ4v) is 2.05. The fourth-order valence-electron chi connectivity index (χ4n) is 2.05. The number of nitrogens with one attached hydrogen (secondary N) is 1. The van der Waals surface area contributed by atoms with E-state index < -0.39 is 0 Å². The normalized spacial score (nSPS) is 12.2. The second-order valence-electron chi connectivity index (χ2n) is 5.01. The van der Waals surface area contributed by atoms with Gasteiger partial charge in [0.25, 0.3) is 5.91 Å². The summed E-state index contributed by atoms with van der Waals surface area (Å²) in [5.41, 5.74) is 2.38. The van der Waals surface area contributed by atoms with Crippen LogP contribution in [0.25, 0.3) is 5.82 Å². The molecule has 21 heavy (non-hydrogen) atoms. The highest BCUT2D eigenvalue weighted by atomic mass is 16.3. The molecule has 0 aromatic carbocycles. The molecule has 6 heteroatoms. The van der Waals surface area contributed by atoms with Crippen LogP contribution in [-0.4, -0.2) is 38.4 Å². The number of nitrogens with zero attached hydrogens (tertiary/aromatic N) is 3. The fraction of sp³-hybridized carbons (Fsp3) is 0.400. The van der Waals surface area contributed by atoms with E-state index in [1.54, 1.807) is 16.8 Å². The Bertz CT molecular complexity index is 615. The molecule has 112 valence electrons. The number of hydrogen-bond donors (Lipinski definition) is 2. The molecule has 2 aromatic rings. The maximum Gasteiger partial charge on any atom is 0.253 e. The largest absolute Gasteiger partial charge is 0.394 e. The number of aliphatic hydroxyl groups excluding tert-OH is 1. The molecule has 0 bridgehead atoms. The maximum atomic E-state index is 12.0. The Morgan fingerprint density at radius 1 is 1.43 bits per heavy atom. The SMILES string of the molecule is CCC(CO)NC(=O)c1ccc(-n2nc(C)cc2C)nc1. The van der Waals surface area contributed by atoms with Gasteiger partial charge in [0.15, 0.2) is 5.82 Å². The average Bonchev–Trinajstić information content (AvgIpc) is 2.83. The minimum atomic E-state index is -0.233. The van der Waals surface area contributed by atoms with Gasteiger partial charge in [-0.1, -0.05) is 6.92 Å². The first-order valence-corrected chi connectivity index (χ1v) is 6.96. The Kier molecular flexibility index (Phi) is 4.70. The second-order valence-corrected chi connectivity index (χ2v) is 5.01. The van der Waals surface area contributed by atoms with Crippen LogP contribution in [0, 0.1) is 13.8 Å². The van der Waals surface area contributed by atoms with Crippen LogP contribution in [-0.2, 0) is 0 Å². The van der Waals surface area contributed by atoms with Crippen molar-refractivity contribution in [2.45, 2.75) is 33.2 Å². The summed E-state index contributed by atoms with van der Waals surface area (Å²) in [5, 5.41) is 16.2. The van der Waals surface area contributed by atoms with Crippen LogP contribution in [0.3, 0.4) is 0 Å². The van der Waals surface area contributed by atoms with Crippen LogP contribution in [0.4, 0.5) is 0 Å². The van der Waals surface area contributed by atoms with E-state index in [9.17, 15) is 4.79 Å². The number of aromatic nitrogens is 3. The first-order valence-electron chi connectivity index (χ1n) is 6.96. The molecule has 2 aromatic heterocycles.